The first kappa shape index (κ1) is 14.3. The molecule has 0 saturated heterocycles. The Labute approximate surface area is 97.3 Å². The highest BCUT2D eigenvalue weighted by Crippen LogP contribution is 2.22. The summed E-state index contributed by atoms with van der Waals surface area (Å²) in [6.07, 6.45) is 1.50. The van der Waals surface area contributed by atoms with E-state index in [-0.39, 0.29) is 0 Å². The van der Waals surface area contributed by atoms with E-state index in [4.69, 9.17) is 20.4 Å². The van der Waals surface area contributed by atoms with Crippen LogP contribution in [0.15, 0.2) is 42.5 Å². The number of isocyanates is 2. The van der Waals surface area contributed by atoms with Crippen LogP contribution >= 0.6 is 0 Å². The summed E-state index contributed by atoms with van der Waals surface area (Å²) in [5.41, 5.74) is 0. The van der Waals surface area contributed by atoms with Crippen molar-refractivity contribution in [3.05, 3.63) is 42.5 Å². The largest absolute Gasteiger partial charge is 0.507 e. The molecule has 0 aliphatic rings. The summed E-state index contributed by atoms with van der Waals surface area (Å²) in [5, 5.41) is 22.2. The van der Waals surface area contributed by atoms with Gasteiger partial charge >= 0.3 is 0 Å². The Kier molecular flexibility index (Phi) is 7.18. The minimum Gasteiger partial charge on any atom is -0.507 e. The molecule has 0 saturated carbocycles. The van der Waals surface area contributed by atoms with Crippen molar-refractivity contribution in [1.29, 1.82) is 10.8 Å². The Balaban J connectivity index is 0.000000366. The Morgan fingerprint density at radius 3 is 1.88 bits per heavy atom. The molecule has 0 bridgehead atoms. The van der Waals surface area contributed by atoms with Crippen LogP contribution in [0, 0.1) is 10.8 Å². The van der Waals surface area contributed by atoms with E-state index >= 15 is 0 Å². The number of benzene rings is 2. The topological polar surface area (TPSA) is 102 Å². The summed E-state index contributed by atoms with van der Waals surface area (Å²) < 4.78 is 0. The number of fused-ring (bicyclic) bond motifs is 1. The maximum atomic E-state index is 9.37. The quantitative estimate of drug-likeness (QED) is 0.478. The number of phenolic OH excluding ortho intramolecular Hbond substituents is 1. The minimum absolute atomic E-state index is 0.350. The van der Waals surface area contributed by atoms with Crippen molar-refractivity contribution in [2.45, 2.75) is 0 Å². The van der Waals surface area contributed by atoms with E-state index < -0.39 is 0 Å². The molecule has 0 aromatic heterocycles. The van der Waals surface area contributed by atoms with Crippen molar-refractivity contribution in [3.63, 3.8) is 0 Å². The van der Waals surface area contributed by atoms with Gasteiger partial charge < -0.3 is 5.11 Å². The SMILES string of the molecule is N=C=O.N=C=O.Oc1cccc2ccccc12. The third-order valence-corrected chi connectivity index (χ3v) is 1.77. The smallest absolute Gasteiger partial charge is 0.231 e. The van der Waals surface area contributed by atoms with Crippen molar-refractivity contribution in [1.82, 2.24) is 0 Å². The predicted molar refractivity (Wildman–Crippen MR) is 62.4 cm³/mol. The summed E-state index contributed by atoms with van der Waals surface area (Å²) in [7, 11) is 0. The summed E-state index contributed by atoms with van der Waals surface area (Å²) in [6.45, 7) is 0. The van der Waals surface area contributed by atoms with Crippen LogP contribution in [0.25, 0.3) is 10.8 Å². The molecule has 0 unspecified atom stereocenters. The van der Waals surface area contributed by atoms with Gasteiger partial charge in [-0.05, 0) is 11.5 Å². The second-order valence-electron chi connectivity index (χ2n) is 2.70. The lowest BCUT2D eigenvalue weighted by molar-refractivity contribution is 0.481. The van der Waals surface area contributed by atoms with Crippen LogP contribution in [-0.2, 0) is 9.59 Å². The van der Waals surface area contributed by atoms with Gasteiger partial charge in [0.2, 0.25) is 12.2 Å². The molecule has 3 N–H and O–H groups in total. The van der Waals surface area contributed by atoms with Gasteiger partial charge in [-0.25, -0.2) is 20.4 Å². The molecule has 86 valence electrons. The highest BCUT2D eigenvalue weighted by atomic mass is 16.3. The first-order valence-electron chi connectivity index (χ1n) is 4.45. The number of phenols is 1. The van der Waals surface area contributed by atoms with Crippen molar-refractivity contribution >= 4 is 22.9 Å². The van der Waals surface area contributed by atoms with Gasteiger partial charge in [0.1, 0.15) is 5.75 Å². The number of nitrogens with one attached hydrogen (secondary N) is 2. The molecule has 0 radical (unpaired) electrons. The molecule has 0 spiro atoms. The Bertz CT molecular complexity index is 523. The summed E-state index contributed by atoms with van der Waals surface area (Å²) in [6, 6.07) is 13.3. The zero-order valence-electron chi connectivity index (χ0n) is 8.81. The number of aromatic hydroxyl groups is 1. The standard InChI is InChI=1S/C10H8O.2CHNO/c11-10-7-3-5-8-4-1-2-6-9(8)10;2*2-1-3/h1-7,11H;2*2H. The van der Waals surface area contributed by atoms with Crippen LogP contribution in [0.1, 0.15) is 0 Å². The van der Waals surface area contributed by atoms with Crippen molar-refractivity contribution in [2.24, 2.45) is 0 Å². The first-order valence-corrected chi connectivity index (χ1v) is 4.45. The average Bonchev–Trinajstić information content (AvgIpc) is 2.32. The maximum Gasteiger partial charge on any atom is 0.231 e. The van der Waals surface area contributed by atoms with Gasteiger partial charge in [0.25, 0.3) is 0 Å². The Hall–Kier alpha value is -2.74. The van der Waals surface area contributed by atoms with Crippen LogP contribution < -0.4 is 0 Å². The number of carbonyl (C=O) groups excluding carboxylic acids is 2. The highest BCUT2D eigenvalue weighted by molar-refractivity contribution is 5.87. The number of rotatable bonds is 0. The van der Waals surface area contributed by atoms with E-state index in [0.717, 1.165) is 22.9 Å². The molecule has 5 heteroatoms. The number of hydrogen-bond donors (Lipinski definition) is 3. The molecular weight excluding hydrogens is 220 g/mol. The van der Waals surface area contributed by atoms with Gasteiger partial charge in [-0.2, -0.15) is 0 Å². The summed E-state index contributed by atoms with van der Waals surface area (Å²) in [5.74, 6) is 0.350. The molecule has 0 heterocycles. The van der Waals surface area contributed by atoms with Gasteiger partial charge in [0.15, 0.2) is 0 Å². The van der Waals surface area contributed by atoms with Crippen molar-refractivity contribution in [2.75, 3.05) is 0 Å². The van der Waals surface area contributed by atoms with Crippen molar-refractivity contribution < 1.29 is 14.7 Å². The number of hydrogen-bond acceptors (Lipinski definition) is 5. The van der Waals surface area contributed by atoms with E-state index in [2.05, 4.69) is 0 Å². The average molecular weight is 230 g/mol. The van der Waals surface area contributed by atoms with Crippen LogP contribution in [-0.4, -0.2) is 17.3 Å². The molecule has 0 atom stereocenters. The van der Waals surface area contributed by atoms with Crippen molar-refractivity contribution in [3.8, 4) is 5.75 Å². The molecule has 0 amide bonds. The third-order valence-electron chi connectivity index (χ3n) is 1.77. The third kappa shape index (κ3) is 5.04. The van der Waals surface area contributed by atoms with Crippen LogP contribution in [0.4, 0.5) is 0 Å². The van der Waals surface area contributed by atoms with E-state index in [1.165, 1.54) is 0 Å². The molecule has 17 heavy (non-hydrogen) atoms. The molecule has 0 aliphatic heterocycles. The molecule has 2 aromatic rings. The summed E-state index contributed by atoms with van der Waals surface area (Å²) in [4.78, 5) is 16.7. The molecule has 0 fully saturated rings. The fraction of sp³-hybridized carbons (Fsp3) is 0. The fourth-order valence-electron chi connectivity index (χ4n) is 1.21. The molecule has 5 nitrogen and oxygen atoms in total. The first-order chi connectivity index (χ1) is 8.21. The van der Waals surface area contributed by atoms with Crippen LogP contribution in [0.3, 0.4) is 0 Å². The lowest BCUT2D eigenvalue weighted by Gasteiger charge is -1.97. The normalized spacial score (nSPS) is 7.53. The highest BCUT2D eigenvalue weighted by Gasteiger charge is 1.94. The van der Waals surface area contributed by atoms with Crippen LogP contribution in [0.2, 0.25) is 0 Å². The molecular formula is C12H10N2O3. The zero-order chi connectivity index (χ0) is 13.1. The fourth-order valence-corrected chi connectivity index (χ4v) is 1.21. The van der Waals surface area contributed by atoms with Gasteiger partial charge in [0, 0.05) is 5.39 Å². The molecule has 2 rings (SSSR count). The van der Waals surface area contributed by atoms with Gasteiger partial charge in [-0.3, -0.25) is 0 Å². The predicted octanol–water partition coefficient (Wildman–Crippen LogP) is 2.35. The Morgan fingerprint density at radius 1 is 0.882 bits per heavy atom. The maximum absolute atomic E-state index is 9.37. The molecule has 2 aromatic carbocycles. The van der Waals surface area contributed by atoms with E-state index in [0.29, 0.717) is 5.75 Å². The lowest BCUT2D eigenvalue weighted by atomic mass is 10.1. The zero-order valence-corrected chi connectivity index (χ0v) is 8.81. The van der Waals surface area contributed by atoms with Crippen LogP contribution in [0.5, 0.6) is 5.75 Å². The van der Waals surface area contributed by atoms with Gasteiger partial charge in [0.05, 0.1) is 0 Å². The Morgan fingerprint density at radius 2 is 1.35 bits per heavy atom. The summed E-state index contributed by atoms with van der Waals surface area (Å²) >= 11 is 0. The second kappa shape index (κ2) is 8.56. The van der Waals surface area contributed by atoms with E-state index in [1.807, 2.05) is 36.4 Å². The lowest BCUT2D eigenvalue weighted by Crippen LogP contribution is -1.70. The van der Waals surface area contributed by atoms with Gasteiger partial charge in [-0.15, -0.1) is 0 Å². The second-order valence-corrected chi connectivity index (χ2v) is 2.70. The van der Waals surface area contributed by atoms with Gasteiger partial charge in [-0.1, -0.05) is 36.4 Å². The minimum atomic E-state index is 0.350. The van der Waals surface area contributed by atoms with E-state index in [1.54, 1.807) is 6.07 Å². The monoisotopic (exact) mass is 230 g/mol. The molecule has 0 aliphatic carbocycles. The van der Waals surface area contributed by atoms with E-state index in [9.17, 15) is 5.11 Å².